The molecular formula is C7H5N3O3. The molecule has 0 aliphatic heterocycles. The van der Waals surface area contributed by atoms with Gasteiger partial charge < -0.3 is 10.4 Å². The second kappa shape index (κ2) is 2.44. The van der Waals surface area contributed by atoms with Gasteiger partial charge in [-0.25, -0.2) is 4.79 Å². The fourth-order valence-electron chi connectivity index (χ4n) is 1.09. The molecule has 0 aliphatic rings. The predicted octanol–water partition coefficient (Wildman–Crippen LogP) is -0.733. The zero-order valence-corrected chi connectivity index (χ0v) is 6.41. The summed E-state index contributed by atoms with van der Waals surface area (Å²) < 4.78 is 0. The first-order valence-electron chi connectivity index (χ1n) is 3.51. The number of benzene rings is 1. The van der Waals surface area contributed by atoms with Gasteiger partial charge in [0.1, 0.15) is 10.6 Å². The first-order valence-corrected chi connectivity index (χ1v) is 3.51. The highest BCUT2D eigenvalue weighted by molar-refractivity contribution is 5.73. The highest BCUT2D eigenvalue weighted by Crippen LogP contribution is 2.00. The Kier molecular flexibility index (Phi) is 1.42. The number of aromatic nitrogens is 3. The minimum absolute atomic E-state index is 0.0231. The molecule has 0 radical (unpaired) electrons. The van der Waals surface area contributed by atoms with Crippen molar-refractivity contribution in [3.63, 3.8) is 0 Å². The SMILES string of the molecule is O=c1c2ccccc2[n+]([O-])nn1O. The minimum atomic E-state index is -0.706. The van der Waals surface area contributed by atoms with Gasteiger partial charge in [0.2, 0.25) is 0 Å². The summed E-state index contributed by atoms with van der Waals surface area (Å²) in [6.45, 7) is 0. The topological polar surface area (TPSA) is 82.1 Å². The van der Waals surface area contributed by atoms with Crippen LogP contribution in [0.3, 0.4) is 0 Å². The Morgan fingerprint density at radius 3 is 2.92 bits per heavy atom. The van der Waals surface area contributed by atoms with Crippen LogP contribution in [-0.4, -0.2) is 15.3 Å². The van der Waals surface area contributed by atoms with E-state index in [-0.39, 0.29) is 20.6 Å². The summed E-state index contributed by atoms with van der Waals surface area (Å²) in [6.07, 6.45) is 0. The second-order valence-corrected chi connectivity index (χ2v) is 2.47. The maximum atomic E-state index is 11.2. The van der Waals surface area contributed by atoms with Crippen LogP contribution in [0.1, 0.15) is 0 Å². The molecule has 66 valence electrons. The molecular weight excluding hydrogens is 174 g/mol. The van der Waals surface area contributed by atoms with E-state index in [1.807, 2.05) is 0 Å². The van der Waals surface area contributed by atoms with Crippen molar-refractivity contribution < 1.29 is 10.1 Å². The molecule has 0 aliphatic carbocycles. The summed E-state index contributed by atoms with van der Waals surface area (Å²) in [5.74, 6) is 0. The third-order valence-corrected chi connectivity index (χ3v) is 1.69. The molecule has 6 nitrogen and oxygen atoms in total. The summed E-state index contributed by atoms with van der Waals surface area (Å²) >= 11 is 0. The summed E-state index contributed by atoms with van der Waals surface area (Å²) in [5.41, 5.74) is -0.569. The van der Waals surface area contributed by atoms with Gasteiger partial charge in [-0.1, -0.05) is 12.1 Å². The quantitative estimate of drug-likeness (QED) is 0.328. The van der Waals surface area contributed by atoms with Crippen LogP contribution in [0.2, 0.25) is 0 Å². The monoisotopic (exact) mass is 179 g/mol. The Morgan fingerprint density at radius 2 is 2.15 bits per heavy atom. The average Bonchev–Trinajstić information content (AvgIpc) is 2.15. The van der Waals surface area contributed by atoms with Gasteiger partial charge in [0.15, 0.2) is 5.52 Å². The van der Waals surface area contributed by atoms with Gasteiger partial charge in [0, 0.05) is 0 Å². The van der Waals surface area contributed by atoms with E-state index in [2.05, 4.69) is 5.21 Å². The van der Waals surface area contributed by atoms with Crippen LogP contribution < -0.4 is 10.4 Å². The lowest BCUT2D eigenvalue weighted by Gasteiger charge is -2.00. The van der Waals surface area contributed by atoms with Crippen molar-refractivity contribution >= 4 is 10.9 Å². The average molecular weight is 179 g/mol. The number of rotatable bonds is 0. The standard InChI is InChI=1S/C7H5N3O3/c11-7-5-3-1-2-4-6(5)9(12)8-10(7)13/h1-4,13H. The van der Waals surface area contributed by atoms with Crippen LogP contribution in [0.5, 0.6) is 0 Å². The maximum absolute atomic E-state index is 11.2. The lowest BCUT2D eigenvalue weighted by molar-refractivity contribution is -0.656. The second-order valence-electron chi connectivity index (χ2n) is 2.47. The first kappa shape index (κ1) is 7.53. The van der Waals surface area contributed by atoms with Gasteiger partial charge in [-0.2, -0.15) is 0 Å². The van der Waals surface area contributed by atoms with Crippen molar-refractivity contribution in [2.24, 2.45) is 0 Å². The molecule has 0 atom stereocenters. The molecule has 2 aromatic rings. The molecule has 6 heteroatoms. The first-order chi connectivity index (χ1) is 6.20. The number of para-hydroxylation sites is 1. The van der Waals surface area contributed by atoms with Crippen molar-refractivity contribution in [3.8, 4) is 0 Å². The van der Waals surface area contributed by atoms with Gasteiger partial charge in [0.25, 0.3) is 0 Å². The number of hydrogen-bond acceptors (Lipinski definition) is 4. The zero-order valence-electron chi connectivity index (χ0n) is 6.41. The number of hydrogen-bond donors (Lipinski definition) is 1. The molecule has 0 saturated heterocycles. The molecule has 1 heterocycles. The Balaban J connectivity index is 3.06. The fraction of sp³-hybridized carbons (Fsp3) is 0. The minimum Gasteiger partial charge on any atom is -0.691 e. The molecule has 0 bridgehead atoms. The van der Waals surface area contributed by atoms with Crippen LogP contribution in [-0.2, 0) is 0 Å². The van der Waals surface area contributed by atoms with Gasteiger partial charge in [-0.05, 0) is 12.1 Å². The van der Waals surface area contributed by atoms with Gasteiger partial charge in [-0.3, -0.25) is 0 Å². The lowest BCUT2D eigenvalue weighted by atomic mass is 10.2. The summed E-state index contributed by atoms with van der Waals surface area (Å²) in [7, 11) is 0. The highest BCUT2D eigenvalue weighted by atomic mass is 16.5. The van der Waals surface area contributed by atoms with Gasteiger partial charge in [-0.15, -0.1) is 4.85 Å². The largest absolute Gasteiger partial charge is 0.691 e. The number of nitrogens with zero attached hydrogens (tertiary/aromatic N) is 3. The third kappa shape index (κ3) is 0.994. The van der Waals surface area contributed by atoms with E-state index in [1.54, 1.807) is 12.1 Å². The molecule has 0 unspecified atom stereocenters. The molecule has 13 heavy (non-hydrogen) atoms. The Hall–Kier alpha value is -2.11. The molecule has 1 aromatic carbocycles. The van der Waals surface area contributed by atoms with Crippen LogP contribution >= 0.6 is 0 Å². The lowest BCUT2D eigenvalue weighted by Crippen LogP contribution is -2.41. The fourth-order valence-corrected chi connectivity index (χ4v) is 1.09. The molecule has 0 saturated carbocycles. The Morgan fingerprint density at radius 1 is 1.46 bits per heavy atom. The van der Waals surface area contributed by atoms with Gasteiger partial charge in [0.05, 0.1) is 4.85 Å². The molecule has 1 aromatic heterocycles. The zero-order chi connectivity index (χ0) is 9.42. The summed E-state index contributed by atoms with van der Waals surface area (Å²) in [5, 5.41) is 23.1. The van der Waals surface area contributed by atoms with Crippen LogP contribution in [0.4, 0.5) is 0 Å². The normalized spacial score (nSPS) is 10.5. The van der Waals surface area contributed by atoms with E-state index in [1.165, 1.54) is 12.1 Å². The van der Waals surface area contributed by atoms with Crippen molar-refractivity contribution in [3.05, 3.63) is 39.8 Å². The van der Waals surface area contributed by atoms with Crippen LogP contribution in [0, 0.1) is 5.21 Å². The van der Waals surface area contributed by atoms with Crippen LogP contribution in [0.25, 0.3) is 10.9 Å². The van der Waals surface area contributed by atoms with Crippen molar-refractivity contribution in [1.82, 2.24) is 10.1 Å². The summed E-state index contributed by atoms with van der Waals surface area (Å²) in [6, 6.07) is 6.11. The van der Waals surface area contributed by atoms with E-state index in [0.717, 1.165) is 0 Å². The molecule has 2 rings (SSSR count). The van der Waals surface area contributed by atoms with Gasteiger partial charge >= 0.3 is 5.56 Å². The third-order valence-electron chi connectivity index (χ3n) is 1.69. The van der Waals surface area contributed by atoms with E-state index in [0.29, 0.717) is 0 Å². The smallest absolute Gasteiger partial charge is 0.408 e. The summed E-state index contributed by atoms with van der Waals surface area (Å²) in [4.78, 5) is 11.4. The Labute approximate surface area is 71.8 Å². The van der Waals surface area contributed by atoms with E-state index < -0.39 is 5.56 Å². The molecule has 0 amide bonds. The predicted molar refractivity (Wildman–Crippen MR) is 42.1 cm³/mol. The van der Waals surface area contributed by atoms with E-state index in [4.69, 9.17) is 5.21 Å². The highest BCUT2D eigenvalue weighted by Gasteiger charge is 2.11. The van der Waals surface area contributed by atoms with Crippen molar-refractivity contribution in [1.29, 1.82) is 0 Å². The van der Waals surface area contributed by atoms with Crippen molar-refractivity contribution in [2.75, 3.05) is 0 Å². The maximum Gasteiger partial charge on any atom is 0.408 e. The van der Waals surface area contributed by atoms with E-state index in [9.17, 15) is 10.0 Å². The van der Waals surface area contributed by atoms with Crippen molar-refractivity contribution in [2.45, 2.75) is 0 Å². The Bertz CT molecular complexity index is 520. The molecule has 1 N–H and O–H groups in total. The van der Waals surface area contributed by atoms with Crippen LogP contribution in [0.15, 0.2) is 29.1 Å². The molecule has 0 fully saturated rings. The molecule has 0 spiro atoms. The number of fused-ring (bicyclic) bond motifs is 1. The van der Waals surface area contributed by atoms with E-state index >= 15 is 0 Å².